The van der Waals surface area contributed by atoms with Gasteiger partial charge in [-0.1, -0.05) is 12.1 Å². The number of aromatic amines is 1. The third kappa shape index (κ3) is 2.43. The summed E-state index contributed by atoms with van der Waals surface area (Å²) in [5.74, 6) is -0.841. The molecule has 21 heavy (non-hydrogen) atoms. The van der Waals surface area contributed by atoms with Crippen LogP contribution in [0.3, 0.4) is 0 Å². The molecule has 0 unspecified atom stereocenters. The Morgan fingerprint density at radius 3 is 3.00 bits per heavy atom. The summed E-state index contributed by atoms with van der Waals surface area (Å²) in [6.45, 7) is -0.532. The van der Waals surface area contributed by atoms with E-state index in [0.717, 1.165) is 0 Å². The fourth-order valence-corrected chi connectivity index (χ4v) is 1.80. The fraction of sp³-hybridized carbons (Fsp3) is 0.0833. The Hall–Kier alpha value is -3.23. The molecule has 9 heteroatoms. The Labute approximate surface area is 116 Å². The Morgan fingerprint density at radius 2 is 2.29 bits per heavy atom. The first kappa shape index (κ1) is 12.8. The van der Waals surface area contributed by atoms with E-state index in [2.05, 4.69) is 20.6 Å². The number of benzene rings is 1. The SMILES string of the molecule is O=C(O)COc1cccc2cc(-c3nn[nH]n3)c(=O)oc12. The van der Waals surface area contributed by atoms with Gasteiger partial charge in [-0.25, -0.2) is 9.59 Å². The summed E-state index contributed by atoms with van der Waals surface area (Å²) in [5, 5.41) is 22.2. The molecule has 3 aromatic rings. The summed E-state index contributed by atoms with van der Waals surface area (Å²) in [5.41, 5.74) is -0.363. The van der Waals surface area contributed by atoms with Crippen molar-refractivity contribution in [2.45, 2.75) is 0 Å². The van der Waals surface area contributed by atoms with E-state index in [1.54, 1.807) is 12.1 Å². The van der Waals surface area contributed by atoms with Crippen molar-refractivity contribution < 1.29 is 19.1 Å². The fourth-order valence-electron chi connectivity index (χ4n) is 1.80. The minimum atomic E-state index is -1.13. The van der Waals surface area contributed by atoms with E-state index in [4.69, 9.17) is 14.3 Å². The summed E-state index contributed by atoms with van der Waals surface area (Å²) in [7, 11) is 0. The van der Waals surface area contributed by atoms with Crippen molar-refractivity contribution in [3.63, 3.8) is 0 Å². The van der Waals surface area contributed by atoms with Crippen molar-refractivity contribution in [1.29, 1.82) is 0 Å². The zero-order valence-electron chi connectivity index (χ0n) is 10.4. The summed E-state index contributed by atoms with van der Waals surface area (Å²) in [6.07, 6.45) is 0. The van der Waals surface area contributed by atoms with Crippen molar-refractivity contribution in [1.82, 2.24) is 20.6 Å². The van der Waals surface area contributed by atoms with E-state index in [-0.39, 0.29) is 22.7 Å². The lowest BCUT2D eigenvalue weighted by Crippen LogP contribution is -2.10. The third-order valence-electron chi connectivity index (χ3n) is 2.66. The van der Waals surface area contributed by atoms with Crippen LogP contribution in [0, 0.1) is 0 Å². The summed E-state index contributed by atoms with van der Waals surface area (Å²) >= 11 is 0. The van der Waals surface area contributed by atoms with E-state index in [0.29, 0.717) is 5.39 Å². The number of ether oxygens (including phenoxy) is 1. The van der Waals surface area contributed by atoms with Gasteiger partial charge in [0.1, 0.15) is 5.56 Å². The van der Waals surface area contributed by atoms with E-state index in [1.165, 1.54) is 12.1 Å². The molecule has 0 saturated heterocycles. The Balaban J connectivity index is 2.12. The molecule has 0 aliphatic heterocycles. The molecule has 0 aliphatic rings. The Morgan fingerprint density at radius 1 is 1.43 bits per heavy atom. The number of H-pyrrole nitrogens is 1. The van der Waals surface area contributed by atoms with Crippen molar-refractivity contribution in [2.24, 2.45) is 0 Å². The lowest BCUT2D eigenvalue weighted by atomic mass is 10.1. The number of rotatable bonds is 4. The van der Waals surface area contributed by atoms with Crippen LogP contribution in [-0.4, -0.2) is 38.3 Å². The topological polar surface area (TPSA) is 131 Å². The molecule has 2 heterocycles. The smallest absolute Gasteiger partial charge is 0.347 e. The summed E-state index contributed by atoms with van der Waals surface area (Å²) in [4.78, 5) is 22.5. The molecule has 0 spiro atoms. The highest BCUT2D eigenvalue weighted by atomic mass is 16.5. The predicted octanol–water partition coefficient (Wildman–Crippen LogP) is 0.436. The monoisotopic (exact) mass is 288 g/mol. The number of carboxylic acids is 1. The predicted molar refractivity (Wildman–Crippen MR) is 68.8 cm³/mol. The van der Waals surface area contributed by atoms with Gasteiger partial charge in [-0.3, -0.25) is 0 Å². The molecule has 0 atom stereocenters. The maximum atomic E-state index is 12.0. The second-order valence-electron chi connectivity index (χ2n) is 4.04. The standard InChI is InChI=1S/C12H8N4O5/c17-9(18)5-20-8-3-1-2-6-4-7(11-13-15-16-14-11)12(19)21-10(6)8/h1-4H,5H2,(H,17,18)(H,13,14,15,16). The number of fused-ring (bicyclic) bond motifs is 1. The van der Waals surface area contributed by atoms with Crippen LogP contribution in [0.15, 0.2) is 33.5 Å². The zero-order chi connectivity index (χ0) is 14.8. The molecule has 0 radical (unpaired) electrons. The number of hydrogen-bond donors (Lipinski definition) is 2. The highest BCUT2D eigenvalue weighted by Crippen LogP contribution is 2.26. The van der Waals surface area contributed by atoms with Crippen molar-refractivity contribution in [2.75, 3.05) is 6.61 Å². The number of carbonyl (C=O) groups is 1. The molecule has 0 fully saturated rings. The van der Waals surface area contributed by atoms with E-state index < -0.39 is 18.2 Å². The van der Waals surface area contributed by atoms with Crippen LogP contribution in [0.2, 0.25) is 0 Å². The molecule has 0 saturated carbocycles. The lowest BCUT2D eigenvalue weighted by Gasteiger charge is -2.06. The molecular formula is C12H8N4O5. The second-order valence-corrected chi connectivity index (χ2v) is 4.04. The van der Waals surface area contributed by atoms with Crippen LogP contribution < -0.4 is 10.4 Å². The first-order chi connectivity index (χ1) is 10.1. The molecule has 2 aromatic heterocycles. The van der Waals surface area contributed by atoms with E-state index >= 15 is 0 Å². The quantitative estimate of drug-likeness (QED) is 0.661. The average molecular weight is 288 g/mol. The zero-order valence-corrected chi connectivity index (χ0v) is 10.4. The molecule has 2 N–H and O–H groups in total. The maximum Gasteiger partial charge on any atom is 0.347 e. The third-order valence-corrected chi connectivity index (χ3v) is 2.66. The molecule has 9 nitrogen and oxygen atoms in total. The van der Waals surface area contributed by atoms with Gasteiger partial charge in [-0.05, 0) is 17.3 Å². The number of carboxylic acid groups (broad SMARTS) is 1. The maximum absolute atomic E-state index is 12.0. The first-order valence-electron chi connectivity index (χ1n) is 5.80. The molecule has 1 aromatic carbocycles. The van der Waals surface area contributed by atoms with Gasteiger partial charge in [-0.15, -0.1) is 10.2 Å². The van der Waals surface area contributed by atoms with Gasteiger partial charge in [0.2, 0.25) is 5.82 Å². The second kappa shape index (κ2) is 5.04. The minimum Gasteiger partial charge on any atom is -0.479 e. The summed E-state index contributed by atoms with van der Waals surface area (Å²) < 4.78 is 10.3. The van der Waals surface area contributed by atoms with Gasteiger partial charge in [-0.2, -0.15) is 5.21 Å². The van der Waals surface area contributed by atoms with Crippen LogP contribution in [-0.2, 0) is 4.79 Å². The number of hydrogen-bond acceptors (Lipinski definition) is 7. The van der Waals surface area contributed by atoms with Gasteiger partial charge in [0, 0.05) is 5.39 Å². The molecule has 106 valence electrons. The average Bonchev–Trinajstić information content (AvgIpc) is 2.98. The number of aromatic nitrogens is 4. The normalized spacial score (nSPS) is 10.7. The van der Waals surface area contributed by atoms with Crippen LogP contribution in [0.5, 0.6) is 5.75 Å². The molecule has 0 amide bonds. The van der Waals surface area contributed by atoms with Crippen molar-refractivity contribution >= 4 is 16.9 Å². The van der Waals surface area contributed by atoms with Crippen LogP contribution in [0.4, 0.5) is 0 Å². The molecule has 0 bridgehead atoms. The van der Waals surface area contributed by atoms with Gasteiger partial charge in [0.15, 0.2) is 17.9 Å². The minimum absolute atomic E-state index is 0.113. The van der Waals surface area contributed by atoms with Gasteiger partial charge < -0.3 is 14.3 Å². The van der Waals surface area contributed by atoms with E-state index in [1.807, 2.05) is 0 Å². The molecule has 0 aliphatic carbocycles. The summed E-state index contributed by atoms with van der Waals surface area (Å²) in [6, 6.07) is 6.39. The number of nitrogens with one attached hydrogen (secondary N) is 1. The Bertz CT molecular complexity index is 856. The van der Waals surface area contributed by atoms with Crippen LogP contribution in [0.25, 0.3) is 22.4 Å². The van der Waals surface area contributed by atoms with Crippen LogP contribution >= 0.6 is 0 Å². The van der Waals surface area contributed by atoms with Crippen molar-refractivity contribution in [3.8, 4) is 17.1 Å². The lowest BCUT2D eigenvalue weighted by molar-refractivity contribution is -0.139. The number of para-hydroxylation sites is 1. The van der Waals surface area contributed by atoms with Crippen LogP contribution in [0.1, 0.15) is 0 Å². The number of nitrogens with zero attached hydrogens (tertiary/aromatic N) is 3. The van der Waals surface area contributed by atoms with Crippen molar-refractivity contribution in [3.05, 3.63) is 34.7 Å². The van der Waals surface area contributed by atoms with E-state index in [9.17, 15) is 9.59 Å². The highest BCUT2D eigenvalue weighted by Gasteiger charge is 2.14. The highest BCUT2D eigenvalue weighted by molar-refractivity contribution is 5.85. The first-order valence-corrected chi connectivity index (χ1v) is 5.80. The molecule has 3 rings (SSSR count). The van der Waals surface area contributed by atoms with Gasteiger partial charge in [0.05, 0.1) is 0 Å². The Kier molecular flexibility index (Phi) is 3.07. The van der Waals surface area contributed by atoms with Gasteiger partial charge >= 0.3 is 11.6 Å². The number of tetrazole rings is 1. The van der Waals surface area contributed by atoms with Gasteiger partial charge in [0.25, 0.3) is 0 Å². The number of aliphatic carboxylic acids is 1. The largest absolute Gasteiger partial charge is 0.479 e. The molecular weight excluding hydrogens is 280 g/mol.